The lowest BCUT2D eigenvalue weighted by Gasteiger charge is -2.13. The minimum atomic E-state index is 0.954. The normalized spacial score (nSPS) is 11.9. The molecule has 5 heteroatoms. The molecule has 0 fully saturated rings. The molecule has 5 heterocycles. The van der Waals surface area contributed by atoms with E-state index in [4.69, 9.17) is 9.97 Å². The van der Waals surface area contributed by atoms with Crippen LogP contribution in [-0.4, -0.2) is 23.7 Å². The molecule has 0 aliphatic heterocycles. The predicted octanol–water partition coefficient (Wildman–Crippen LogP) is 28.5. The first-order valence-electron chi connectivity index (χ1n) is 39.0. The van der Waals surface area contributed by atoms with Crippen LogP contribution in [0.5, 0.6) is 0 Å². The molecular weight excluding hydrogens is 1320 g/mol. The van der Waals surface area contributed by atoms with Crippen molar-refractivity contribution in [2.45, 2.75) is 78.9 Å². The van der Waals surface area contributed by atoms with Crippen LogP contribution in [0.1, 0.15) is 81.5 Å². The van der Waals surface area contributed by atoms with Gasteiger partial charge in [0.2, 0.25) is 0 Å². The lowest BCUT2D eigenvalue weighted by Crippen LogP contribution is -1.97. The Morgan fingerprint density at radius 2 is 0.459 bits per heavy atom. The lowest BCUT2D eigenvalue weighted by atomic mass is 9.92. The average molecular weight is 1400 g/mol. The maximum absolute atomic E-state index is 5.14. The van der Waals surface area contributed by atoms with Crippen LogP contribution in [0.15, 0.2) is 328 Å². The van der Waals surface area contributed by atoms with Crippen LogP contribution < -0.4 is 0 Å². The van der Waals surface area contributed by atoms with Gasteiger partial charge in [-0.1, -0.05) is 283 Å². The summed E-state index contributed by atoms with van der Waals surface area (Å²) in [5.41, 5.74) is 32.3. The fraction of sp³-hybridized carbons (Fsp3) is 0.115. The highest BCUT2D eigenvalue weighted by atomic mass is 15.0. The van der Waals surface area contributed by atoms with E-state index in [1.54, 1.807) is 0 Å². The van der Waals surface area contributed by atoms with Crippen molar-refractivity contribution in [3.63, 3.8) is 0 Å². The number of unbranched alkanes of at least 4 members (excludes halogenated alkanes) is 3. The van der Waals surface area contributed by atoms with Crippen LogP contribution >= 0.6 is 0 Å². The van der Waals surface area contributed by atoms with Gasteiger partial charge in [0.25, 0.3) is 0 Å². The molecule has 0 saturated heterocycles. The van der Waals surface area contributed by atoms with Crippen LogP contribution in [0.3, 0.4) is 0 Å². The molecule has 0 atom stereocenters. The number of hydrogen-bond donors (Lipinski definition) is 0. The van der Waals surface area contributed by atoms with E-state index >= 15 is 0 Å². The van der Waals surface area contributed by atoms with E-state index in [2.05, 4.69) is 386 Å². The summed E-state index contributed by atoms with van der Waals surface area (Å²) in [7, 11) is 0. The third kappa shape index (κ3) is 13.7. The second-order valence-electron chi connectivity index (χ2n) is 29.2. The van der Waals surface area contributed by atoms with E-state index in [-0.39, 0.29) is 0 Å². The maximum atomic E-state index is 5.14. The molecule has 0 bridgehead atoms. The molecule has 0 N–H and O–H groups in total. The summed E-state index contributed by atoms with van der Waals surface area (Å²) in [6, 6.07) is 121. The van der Waals surface area contributed by atoms with Gasteiger partial charge in [-0.25, -0.2) is 9.97 Å². The molecule has 18 rings (SSSR count). The zero-order valence-corrected chi connectivity index (χ0v) is 62.1. The van der Waals surface area contributed by atoms with Gasteiger partial charge in [-0.05, 0) is 206 Å². The quantitative estimate of drug-likeness (QED) is 0.0635. The molecule has 5 aromatic heterocycles. The second-order valence-corrected chi connectivity index (χ2v) is 29.2. The molecule has 0 spiro atoms. The summed E-state index contributed by atoms with van der Waals surface area (Å²) in [4.78, 5) is 10.3. The summed E-state index contributed by atoms with van der Waals surface area (Å²) in [5, 5.41) is 7.66. The van der Waals surface area contributed by atoms with Crippen molar-refractivity contribution in [1.82, 2.24) is 23.7 Å². The van der Waals surface area contributed by atoms with Crippen molar-refractivity contribution in [3.05, 3.63) is 350 Å². The molecule has 5 nitrogen and oxygen atoms in total. The topological polar surface area (TPSA) is 40.6 Å². The van der Waals surface area contributed by atoms with Crippen LogP contribution in [0.2, 0.25) is 0 Å². The Hall–Kier alpha value is -13.0. The van der Waals surface area contributed by atoms with Gasteiger partial charge in [0.05, 0.1) is 22.8 Å². The summed E-state index contributed by atoms with van der Waals surface area (Å²) >= 11 is 0. The summed E-state index contributed by atoms with van der Waals surface area (Å²) in [6.45, 7) is 9.77. The molecule has 13 aromatic carbocycles. The van der Waals surface area contributed by atoms with Crippen molar-refractivity contribution in [3.8, 4) is 101 Å². The second kappa shape index (κ2) is 30.1. The molecule has 0 aliphatic carbocycles. The third-order valence-corrected chi connectivity index (χ3v) is 22.0. The van der Waals surface area contributed by atoms with Crippen LogP contribution in [0, 0.1) is 0 Å². The third-order valence-electron chi connectivity index (χ3n) is 22.0. The average Bonchev–Trinajstić information content (AvgIpc) is 1.61. The van der Waals surface area contributed by atoms with Gasteiger partial charge in [0.1, 0.15) is 0 Å². The highest BCUT2D eigenvalue weighted by Gasteiger charge is 2.20. The largest absolute Gasteiger partial charge is 0.340 e. The maximum Gasteiger partial charge on any atom is 0.0715 e. The highest BCUT2D eigenvalue weighted by Crippen LogP contribution is 2.43. The molecule has 526 valence electrons. The van der Waals surface area contributed by atoms with Crippen molar-refractivity contribution in [2.75, 3.05) is 0 Å². The number of aryl methyl sites for hydroxylation is 3. The van der Waals surface area contributed by atoms with E-state index in [9.17, 15) is 0 Å². The number of rotatable bonds is 22. The van der Waals surface area contributed by atoms with Gasteiger partial charge in [0.15, 0.2) is 0 Å². The first-order chi connectivity index (χ1) is 53.8. The lowest BCUT2D eigenvalue weighted by molar-refractivity contribution is 0.665. The van der Waals surface area contributed by atoms with Gasteiger partial charge in [-0.3, -0.25) is 0 Å². The Kier molecular flexibility index (Phi) is 18.8. The first-order valence-corrected chi connectivity index (χ1v) is 39.0. The zero-order chi connectivity index (χ0) is 73.2. The Balaban J connectivity index is 0.711. The number of para-hydroxylation sites is 1. The first kappa shape index (κ1) is 67.9. The summed E-state index contributed by atoms with van der Waals surface area (Å²) in [5.74, 6) is 0. The standard InChI is InChI=1S/C104H85N5/c1-4-7-56-107-99-33-23-22-32-89(99)92-64-81(48-53-102(92)107)84-61-85(82-49-54-103-93(65-82)90-59-73(42-51-100(90)108(103)57-8-5-2)36-34-71-38-44-75(45-39-71)87-67-95(77-24-14-10-15-25-77)105-96(68-87)78-26-16-11-17-27-78)63-86(62-84)83-50-55-104-94(66-83)91-60-74(43-52-101(91)109(104)58-9-6-3)37-35-72-40-46-76(47-41-72)88-69-97(79-28-18-12-19-29-79)106-98(70-88)80-30-20-13-21-31-80/h10-55,59-70H,4-9,56-58H2,1-3H3/b36-34+,37-35+. The van der Waals surface area contributed by atoms with Crippen LogP contribution in [0.4, 0.5) is 0 Å². The molecule has 0 radical (unpaired) electrons. The summed E-state index contributed by atoms with van der Waals surface area (Å²) in [6.07, 6.45) is 15.8. The molecule has 18 aromatic rings. The van der Waals surface area contributed by atoms with E-state index in [1.807, 2.05) is 0 Å². The molecule has 0 aliphatic rings. The zero-order valence-electron chi connectivity index (χ0n) is 62.1. The van der Waals surface area contributed by atoms with Crippen LogP contribution in [0.25, 0.3) is 190 Å². The summed E-state index contributed by atoms with van der Waals surface area (Å²) < 4.78 is 7.65. The number of benzene rings is 13. The van der Waals surface area contributed by atoms with Gasteiger partial charge in [-0.15, -0.1) is 0 Å². The Bertz CT molecular complexity index is 5990. The number of fused-ring (bicyclic) bond motifs is 9. The molecule has 109 heavy (non-hydrogen) atoms. The minimum absolute atomic E-state index is 0.954. The number of aromatic nitrogens is 5. The monoisotopic (exact) mass is 1400 g/mol. The Morgan fingerprint density at radius 3 is 0.798 bits per heavy atom. The minimum Gasteiger partial charge on any atom is -0.340 e. The fourth-order valence-corrected chi connectivity index (χ4v) is 16.2. The molecule has 0 saturated carbocycles. The van der Waals surface area contributed by atoms with Gasteiger partial charge in [0, 0.05) is 107 Å². The van der Waals surface area contributed by atoms with Crippen molar-refractivity contribution in [2.24, 2.45) is 0 Å². The highest BCUT2D eigenvalue weighted by molar-refractivity contribution is 6.13. The Morgan fingerprint density at radius 1 is 0.202 bits per heavy atom. The van der Waals surface area contributed by atoms with E-state index in [0.717, 1.165) is 137 Å². The number of nitrogens with zero attached hydrogens (tertiary/aromatic N) is 5. The fourth-order valence-electron chi connectivity index (χ4n) is 16.2. The van der Waals surface area contributed by atoms with Crippen molar-refractivity contribution < 1.29 is 0 Å². The van der Waals surface area contributed by atoms with Crippen molar-refractivity contribution in [1.29, 1.82) is 0 Å². The SMILES string of the molecule is CCCCn1c2ccccc2c2cc(-c3cc(-c4ccc5c(c4)c4cc(/C=C/c6ccc(-c7cc(-c8ccccc8)nc(-c8ccccc8)c7)cc6)ccc4n5CCCC)cc(-c4ccc5c(c4)c4cc(/C=C/c6ccc(-c7cc(-c8ccccc8)nc(-c8ccccc8)c7)cc6)ccc4n5CCCC)c3)ccc21. The van der Waals surface area contributed by atoms with Gasteiger partial charge >= 0.3 is 0 Å². The molecular formula is C104H85N5. The predicted molar refractivity (Wildman–Crippen MR) is 465 cm³/mol. The number of hydrogen-bond acceptors (Lipinski definition) is 2. The van der Waals surface area contributed by atoms with E-state index < -0.39 is 0 Å². The van der Waals surface area contributed by atoms with E-state index in [0.29, 0.717) is 0 Å². The Labute approximate surface area is 638 Å². The van der Waals surface area contributed by atoms with E-state index in [1.165, 1.54) is 110 Å². The molecule has 0 amide bonds. The number of pyridine rings is 2. The van der Waals surface area contributed by atoms with Crippen LogP contribution in [-0.2, 0) is 19.6 Å². The molecule has 0 unspecified atom stereocenters. The van der Waals surface area contributed by atoms with Crippen molar-refractivity contribution >= 4 is 89.7 Å². The van der Waals surface area contributed by atoms with Gasteiger partial charge < -0.3 is 13.7 Å². The smallest absolute Gasteiger partial charge is 0.0715 e. The van der Waals surface area contributed by atoms with Gasteiger partial charge in [-0.2, -0.15) is 0 Å².